The molecule has 0 radical (unpaired) electrons. The highest BCUT2D eigenvalue weighted by Crippen LogP contribution is 2.34. The SMILES string of the molecule is CC1(CNCc2ccc(N)c(F)c2)CCCCC1. The van der Waals surface area contributed by atoms with Gasteiger partial charge in [-0.25, -0.2) is 4.39 Å². The molecule has 3 N–H and O–H groups in total. The van der Waals surface area contributed by atoms with Crippen LogP contribution in [-0.4, -0.2) is 6.54 Å². The molecule has 1 aromatic rings. The Morgan fingerprint density at radius 1 is 1.28 bits per heavy atom. The summed E-state index contributed by atoms with van der Waals surface area (Å²) in [5.41, 5.74) is 7.06. The molecular formula is C15H23FN2. The third kappa shape index (κ3) is 3.45. The molecule has 0 aliphatic heterocycles. The molecule has 0 bridgehead atoms. The summed E-state index contributed by atoms with van der Waals surface area (Å²) < 4.78 is 13.3. The predicted molar refractivity (Wildman–Crippen MR) is 73.7 cm³/mol. The van der Waals surface area contributed by atoms with Gasteiger partial charge in [-0.3, -0.25) is 0 Å². The summed E-state index contributed by atoms with van der Waals surface area (Å²) in [6.07, 6.45) is 6.66. The zero-order valence-corrected chi connectivity index (χ0v) is 11.1. The van der Waals surface area contributed by atoms with Crippen LogP contribution in [0.1, 0.15) is 44.6 Å². The molecule has 18 heavy (non-hydrogen) atoms. The third-order valence-corrected chi connectivity index (χ3v) is 4.01. The second-order valence-corrected chi connectivity index (χ2v) is 5.83. The number of anilines is 1. The van der Waals surface area contributed by atoms with Gasteiger partial charge in [0.2, 0.25) is 0 Å². The van der Waals surface area contributed by atoms with Gasteiger partial charge >= 0.3 is 0 Å². The Morgan fingerprint density at radius 3 is 2.67 bits per heavy atom. The van der Waals surface area contributed by atoms with E-state index in [0.717, 1.165) is 12.1 Å². The maximum Gasteiger partial charge on any atom is 0.146 e. The lowest BCUT2D eigenvalue weighted by Crippen LogP contribution is -2.33. The van der Waals surface area contributed by atoms with Crippen LogP contribution in [-0.2, 0) is 6.54 Å². The van der Waals surface area contributed by atoms with Crippen LogP contribution in [0, 0.1) is 11.2 Å². The summed E-state index contributed by atoms with van der Waals surface area (Å²) in [7, 11) is 0. The molecular weight excluding hydrogens is 227 g/mol. The Balaban J connectivity index is 1.82. The minimum atomic E-state index is -0.321. The standard InChI is InChI=1S/C15H23FN2/c1-15(7-3-2-4-8-15)11-18-10-12-5-6-14(17)13(16)9-12/h5-6,9,18H,2-4,7-8,10-11,17H2,1H3. The first-order valence-electron chi connectivity index (χ1n) is 6.84. The van der Waals surface area contributed by atoms with Crippen molar-refractivity contribution in [3.8, 4) is 0 Å². The monoisotopic (exact) mass is 250 g/mol. The van der Waals surface area contributed by atoms with Crippen molar-refractivity contribution >= 4 is 5.69 Å². The van der Waals surface area contributed by atoms with Crippen LogP contribution in [0.3, 0.4) is 0 Å². The van der Waals surface area contributed by atoms with Crippen molar-refractivity contribution in [3.63, 3.8) is 0 Å². The number of hydrogen-bond acceptors (Lipinski definition) is 2. The molecule has 1 saturated carbocycles. The van der Waals surface area contributed by atoms with E-state index < -0.39 is 0 Å². The van der Waals surface area contributed by atoms with Gasteiger partial charge in [0.05, 0.1) is 5.69 Å². The predicted octanol–water partition coefficient (Wildman–Crippen LogP) is 3.47. The average Bonchev–Trinajstić information content (AvgIpc) is 2.34. The van der Waals surface area contributed by atoms with Crippen LogP contribution in [0.15, 0.2) is 18.2 Å². The van der Waals surface area contributed by atoms with Crippen molar-refractivity contribution in [2.24, 2.45) is 5.41 Å². The quantitative estimate of drug-likeness (QED) is 0.803. The molecule has 0 atom stereocenters. The topological polar surface area (TPSA) is 38.0 Å². The molecule has 3 heteroatoms. The van der Waals surface area contributed by atoms with E-state index in [1.54, 1.807) is 6.07 Å². The highest BCUT2D eigenvalue weighted by atomic mass is 19.1. The van der Waals surface area contributed by atoms with E-state index in [0.29, 0.717) is 12.0 Å². The molecule has 0 spiro atoms. The lowest BCUT2D eigenvalue weighted by molar-refractivity contribution is 0.207. The number of hydrogen-bond donors (Lipinski definition) is 2. The summed E-state index contributed by atoms with van der Waals surface area (Å²) >= 11 is 0. The summed E-state index contributed by atoms with van der Waals surface area (Å²) in [5, 5.41) is 3.45. The summed E-state index contributed by atoms with van der Waals surface area (Å²) in [5.74, 6) is -0.321. The normalized spacial score (nSPS) is 18.8. The highest BCUT2D eigenvalue weighted by Gasteiger charge is 2.25. The Kier molecular flexibility index (Phi) is 4.23. The van der Waals surface area contributed by atoms with E-state index in [4.69, 9.17) is 5.73 Å². The number of nitrogen functional groups attached to an aromatic ring is 1. The van der Waals surface area contributed by atoms with E-state index in [9.17, 15) is 4.39 Å². The van der Waals surface area contributed by atoms with Crippen molar-refractivity contribution in [2.45, 2.75) is 45.6 Å². The first kappa shape index (κ1) is 13.3. The molecule has 0 unspecified atom stereocenters. The summed E-state index contributed by atoms with van der Waals surface area (Å²) in [6.45, 7) is 4.08. The van der Waals surface area contributed by atoms with Gasteiger partial charge in [0, 0.05) is 13.1 Å². The Labute approximate surface area is 109 Å². The fraction of sp³-hybridized carbons (Fsp3) is 0.600. The molecule has 1 aromatic carbocycles. The van der Waals surface area contributed by atoms with Gasteiger partial charge in [0.25, 0.3) is 0 Å². The number of halogens is 1. The lowest BCUT2D eigenvalue weighted by Gasteiger charge is -2.33. The van der Waals surface area contributed by atoms with Crippen LogP contribution in [0.4, 0.5) is 10.1 Å². The average molecular weight is 250 g/mol. The molecule has 1 fully saturated rings. The lowest BCUT2D eigenvalue weighted by atomic mass is 9.76. The molecule has 2 rings (SSSR count). The minimum Gasteiger partial charge on any atom is -0.396 e. The van der Waals surface area contributed by atoms with Crippen molar-refractivity contribution in [3.05, 3.63) is 29.6 Å². The van der Waals surface area contributed by atoms with Crippen LogP contribution in [0.2, 0.25) is 0 Å². The largest absolute Gasteiger partial charge is 0.396 e. The van der Waals surface area contributed by atoms with E-state index in [1.165, 1.54) is 38.2 Å². The van der Waals surface area contributed by atoms with Crippen LogP contribution in [0.25, 0.3) is 0 Å². The number of nitrogens with one attached hydrogen (secondary N) is 1. The van der Waals surface area contributed by atoms with Gasteiger partial charge in [-0.1, -0.05) is 32.3 Å². The van der Waals surface area contributed by atoms with E-state index in [2.05, 4.69) is 12.2 Å². The molecule has 1 aliphatic rings. The van der Waals surface area contributed by atoms with Gasteiger partial charge in [0.1, 0.15) is 5.82 Å². The van der Waals surface area contributed by atoms with Crippen molar-refractivity contribution in [1.29, 1.82) is 0 Å². The van der Waals surface area contributed by atoms with E-state index in [-0.39, 0.29) is 11.5 Å². The van der Waals surface area contributed by atoms with Gasteiger partial charge in [-0.05, 0) is 36.0 Å². The molecule has 2 nitrogen and oxygen atoms in total. The van der Waals surface area contributed by atoms with Crippen LogP contribution < -0.4 is 11.1 Å². The Morgan fingerprint density at radius 2 is 2.00 bits per heavy atom. The van der Waals surface area contributed by atoms with Crippen LogP contribution >= 0.6 is 0 Å². The Bertz CT molecular complexity index is 397. The smallest absolute Gasteiger partial charge is 0.146 e. The maximum atomic E-state index is 13.3. The first-order valence-corrected chi connectivity index (χ1v) is 6.84. The molecule has 1 aliphatic carbocycles. The van der Waals surface area contributed by atoms with Crippen molar-refractivity contribution < 1.29 is 4.39 Å². The number of benzene rings is 1. The number of rotatable bonds is 4. The molecule has 0 aromatic heterocycles. The third-order valence-electron chi connectivity index (χ3n) is 4.01. The first-order chi connectivity index (χ1) is 8.59. The molecule has 100 valence electrons. The molecule has 0 amide bonds. The zero-order valence-electron chi connectivity index (χ0n) is 11.1. The van der Waals surface area contributed by atoms with Crippen molar-refractivity contribution in [1.82, 2.24) is 5.32 Å². The summed E-state index contributed by atoms with van der Waals surface area (Å²) in [4.78, 5) is 0. The maximum absolute atomic E-state index is 13.3. The number of nitrogens with two attached hydrogens (primary N) is 1. The zero-order chi connectivity index (χ0) is 13.0. The van der Waals surface area contributed by atoms with Gasteiger partial charge in [-0.15, -0.1) is 0 Å². The van der Waals surface area contributed by atoms with Gasteiger partial charge < -0.3 is 11.1 Å². The van der Waals surface area contributed by atoms with Crippen molar-refractivity contribution in [2.75, 3.05) is 12.3 Å². The fourth-order valence-electron chi connectivity index (χ4n) is 2.77. The fourth-order valence-corrected chi connectivity index (χ4v) is 2.77. The van der Waals surface area contributed by atoms with E-state index >= 15 is 0 Å². The van der Waals surface area contributed by atoms with E-state index in [1.807, 2.05) is 6.07 Å². The molecule has 0 saturated heterocycles. The minimum absolute atomic E-state index is 0.220. The second-order valence-electron chi connectivity index (χ2n) is 5.83. The second kappa shape index (κ2) is 5.70. The van der Waals surface area contributed by atoms with Gasteiger partial charge in [0.15, 0.2) is 0 Å². The van der Waals surface area contributed by atoms with Gasteiger partial charge in [-0.2, -0.15) is 0 Å². The van der Waals surface area contributed by atoms with Crippen LogP contribution in [0.5, 0.6) is 0 Å². The summed E-state index contributed by atoms with van der Waals surface area (Å²) in [6, 6.07) is 5.04. The molecule has 0 heterocycles. The Hall–Kier alpha value is -1.09. The highest BCUT2D eigenvalue weighted by molar-refractivity contribution is 5.41.